The first-order valence-electron chi connectivity index (χ1n) is 6.06. The average molecular weight is 312 g/mol. The minimum Gasteiger partial charge on any atom is -0.398 e. The Morgan fingerprint density at radius 2 is 2.28 bits per heavy atom. The zero-order chi connectivity index (χ0) is 13.1. The fourth-order valence-electron chi connectivity index (χ4n) is 1.81. The lowest BCUT2D eigenvalue weighted by Crippen LogP contribution is -2.35. The van der Waals surface area contributed by atoms with Crippen molar-refractivity contribution in [2.75, 3.05) is 19.3 Å². The molecule has 1 aliphatic carbocycles. The molecule has 1 saturated carbocycles. The zero-order valence-corrected chi connectivity index (χ0v) is 12.0. The number of nitrogens with two attached hydrogens (primary N) is 1. The standard InChI is InChI=1S/C13H18BrN3O/c1-17(8-13(18)16-10-3-4-10)7-9-2-5-11(14)12(15)6-9/h2,5-6,10H,3-4,7-8,15H2,1H3,(H,16,18). The highest BCUT2D eigenvalue weighted by Crippen LogP contribution is 2.21. The summed E-state index contributed by atoms with van der Waals surface area (Å²) in [6, 6.07) is 6.30. The average Bonchev–Trinajstić information content (AvgIpc) is 3.07. The highest BCUT2D eigenvalue weighted by atomic mass is 79.9. The van der Waals surface area contributed by atoms with E-state index in [1.807, 2.05) is 30.1 Å². The molecule has 5 heteroatoms. The van der Waals surface area contributed by atoms with Gasteiger partial charge in [-0.1, -0.05) is 6.07 Å². The van der Waals surface area contributed by atoms with E-state index in [4.69, 9.17) is 5.73 Å². The number of anilines is 1. The van der Waals surface area contributed by atoms with Crippen LogP contribution in [0, 0.1) is 0 Å². The summed E-state index contributed by atoms with van der Waals surface area (Å²) in [5.74, 6) is 0.102. The van der Waals surface area contributed by atoms with Crippen molar-refractivity contribution in [3.05, 3.63) is 28.2 Å². The summed E-state index contributed by atoms with van der Waals surface area (Å²) in [5.41, 5.74) is 7.66. The third-order valence-corrected chi connectivity index (χ3v) is 3.59. The second kappa shape index (κ2) is 5.71. The minimum absolute atomic E-state index is 0.102. The van der Waals surface area contributed by atoms with E-state index in [2.05, 4.69) is 21.2 Å². The van der Waals surface area contributed by atoms with Gasteiger partial charge in [-0.15, -0.1) is 0 Å². The number of nitrogens with zero attached hydrogens (tertiary/aromatic N) is 1. The Labute approximate surface area is 116 Å². The van der Waals surface area contributed by atoms with Gasteiger partial charge in [0, 0.05) is 22.7 Å². The van der Waals surface area contributed by atoms with E-state index in [0.29, 0.717) is 12.6 Å². The predicted octanol–water partition coefficient (Wildman–Crippen LogP) is 1.74. The van der Waals surface area contributed by atoms with Crippen molar-refractivity contribution in [3.63, 3.8) is 0 Å². The highest BCUT2D eigenvalue weighted by molar-refractivity contribution is 9.10. The summed E-state index contributed by atoms with van der Waals surface area (Å²) in [6.07, 6.45) is 2.25. The fraction of sp³-hybridized carbons (Fsp3) is 0.462. The van der Waals surface area contributed by atoms with E-state index < -0.39 is 0 Å². The largest absolute Gasteiger partial charge is 0.398 e. The van der Waals surface area contributed by atoms with Crippen LogP contribution < -0.4 is 11.1 Å². The molecule has 0 atom stereocenters. The van der Waals surface area contributed by atoms with Gasteiger partial charge in [0.2, 0.25) is 5.91 Å². The molecule has 0 saturated heterocycles. The number of nitrogen functional groups attached to an aromatic ring is 1. The summed E-state index contributed by atoms with van der Waals surface area (Å²) in [6.45, 7) is 1.14. The number of likely N-dealkylation sites (N-methyl/N-ethyl adjacent to an activating group) is 1. The molecule has 98 valence electrons. The van der Waals surface area contributed by atoms with Gasteiger partial charge in [0.25, 0.3) is 0 Å². The van der Waals surface area contributed by atoms with Gasteiger partial charge in [0.1, 0.15) is 0 Å². The van der Waals surface area contributed by atoms with E-state index in [1.165, 1.54) is 0 Å². The van der Waals surface area contributed by atoms with Crippen molar-refractivity contribution in [1.82, 2.24) is 10.2 Å². The van der Waals surface area contributed by atoms with Crippen LogP contribution in [0.1, 0.15) is 18.4 Å². The Morgan fingerprint density at radius 3 is 2.89 bits per heavy atom. The second-order valence-electron chi connectivity index (χ2n) is 4.87. The summed E-state index contributed by atoms with van der Waals surface area (Å²) in [7, 11) is 1.94. The maximum Gasteiger partial charge on any atom is 0.234 e. The molecule has 1 fully saturated rings. The molecule has 18 heavy (non-hydrogen) atoms. The van der Waals surface area contributed by atoms with Crippen molar-refractivity contribution in [3.8, 4) is 0 Å². The van der Waals surface area contributed by atoms with Crippen LogP contribution in [0.4, 0.5) is 5.69 Å². The van der Waals surface area contributed by atoms with Gasteiger partial charge in [0.15, 0.2) is 0 Å². The van der Waals surface area contributed by atoms with Crippen LogP contribution in [0.15, 0.2) is 22.7 Å². The first kappa shape index (κ1) is 13.4. The minimum atomic E-state index is 0.102. The molecule has 1 aliphatic rings. The molecular formula is C13H18BrN3O. The lowest BCUT2D eigenvalue weighted by molar-refractivity contribution is -0.122. The van der Waals surface area contributed by atoms with Crippen LogP contribution in [0.5, 0.6) is 0 Å². The Hall–Kier alpha value is -1.07. The van der Waals surface area contributed by atoms with Crippen LogP contribution in [-0.2, 0) is 11.3 Å². The molecule has 0 aliphatic heterocycles. The van der Waals surface area contributed by atoms with Crippen LogP contribution in [-0.4, -0.2) is 30.4 Å². The van der Waals surface area contributed by atoms with E-state index in [-0.39, 0.29) is 5.91 Å². The number of hydrogen-bond acceptors (Lipinski definition) is 3. The summed E-state index contributed by atoms with van der Waals surface area (Å²) >= 11 is 3.37. The lowest BCUT2D eigenvalue weighted by Gasteiger charge is -2.16. The van der Waals surface area contributed by atoms with Crippen LogP contribution >= 0.6 is 15.9 Å². The second-order valence-corrected chi connectivity index (χ2v) is 5.72. The third-order valence-electron chi connectivity index (χ3n) is 2.87. The lowest BCUT2D eigenvalue weighted by atomic mass is 10.2. The number of carbonyl (C=O) groups excluding carboxylic acids is 1. The fourth-order valence-corrected chi connectivity index (χ4v) is 2.05. The molecule has 1 aromatic carbocycles. The van der Waals surface area contributed by atoms with Crippen molar-refractivity contribution in [2.24, 2.45) is 0 Å². The monoisotopic (exact) mass is 311 g/mol. The smallest absolute Gasteiger partial charge is 0.234 e. The van der Waals surface area contributed by atoms with E-state index in [9.17, 15) is 4.79 Å². The normalized spacial score (nSPS) is 14.8. The Kier molecular flexibility index (Phi) is 4.24. The summed E-state index contributed by atoms with van der Waals surface area (Å²) in [5, 5.41) is 2.98. The third kappa shape index (κ3) is 3.99. The van der Waals surface area contributed by atoms with Crippen LogP contribution in [0.25, 0.3) is 0 Å². The Bertz CT molecular complexity index is 446. The van der Waals surface area contributed by atoms with Crippen molar-refractivity contribution < 1.29 is 4.79 Å². The van der Waals surface area contributed by atoms with Crippen molar-refractivity contribution in [1.29, 1.82) is 0 Å². The molecule has 2 rings (SSSR count). The first-order valence-corrected chi connectivity index (χ1v) is 6.85. The summed E-state index contributed by atoms with van der Waals surface area (Å²) in [4.78, 5) is 13.6. The maximum atomic E-state index is 11.6. The molecule has 0 radical (unpaired) electrons. The van der Waals surface area contributed by atoms with E-state index >= 15 is 0 Å². The van der Waals surface area contributed by atoms with Gasteiger partial charge < -0.3 is 11.1 Å². The molecular weight excluding hydrogens is 294 g/mol. The van der Waals surface area contributed by atoms with Gasteiger partial charge in [-0.25, -0.2) is 0 Å². The number of halogens is 1. The molecule has 0 unspecified atom stereocenters. The molecule has 1 aromatic rings. The molecule has 4 nitrogen and oxygen atoms in total. The predicted molar refractivity (Wildman–Crippen MR) is 76.1 cm³/mol. The molecule has 0 aromatic heterocycles. The number of amides is 1. The molecule has 0 heterocycles. The van der Waals surface area contributed by atoms with Crippen molar-refractivity contribution in [2.45, 2.75) is 25.4 Å². The maximum absolute atomic E-state index is 11.6. The molecule has 3 N–H and O–H groups in total. The highest BCUT2D eigenvalue weighted by Gasteiger charge is 2.23. The number of rotatable bonds is 5. The Balaban J connectivity index is 1.83. The van der Waals surface area contributed by atoms with Gasteiger partial charge in [-0.2, -0.15) is 0 Å². The molecule has 0 bridgehead atoms. The molecule has 0 spiro atoms. The van der Waals surface area contributed by atoms with Gasteiger partial charge in [0.05, 0.1) is 6.54 Å². The quantitative estimate of drug-likeness (QED) is 0.814. The van der Waals surface area contributed by atoms with Crippen LogP contribution in [0.3, 0.4) is 0 Å². The van der Waals surface area contributed by atoms with Crippen LogP contribution in [0.2, 0.25) is 0 Å². The first-order chi connectivity index (χ1) is 8.54. The zero-order valence-electron chi connectivity index (χ0n) is 10.4. The topological polar surface area (TPSA) is 58.4 Å². The van der Waals surface area contributed by atoms with Crippen molar-refractivity contribution >= 4 is 27.5 Å². The van der Waals surface area contributed by atoms with E-state index in [1.54, 1.807) is 0 Å². The molecule has 1 amide bonds. The summed E-state index contributed by atoms with van der Waals surface area (Å²) < 4.78 is 0.903. The number of nitrogens with one attached hydrogen (secondary N) is 1. The van der Waals surface area contributed by atoms with Gasteiger partial charge in [-0.3, -0.25) is 9.69 Å². The number of benzene rings is 1. The Morgan fingerprint density at radius 1 is 1.56 bits per heavy atom. The van der Waals surface area contributed by atoms with Gasteiger partial charge >= 0.3 is 0 Å². The van der Waals surface area contributed by atoms with E-state index in [0.717, 1.165) is 35.1 Å². The SMILES string of the molecule is CN(CC(=O)NC1CC1)Cc1ccc(Br)c(N)c1. The number of carbonyl (C=O) groups is 1. The number of hydrogen-bond donors (Lipinski definition) is 2. The van der Waals surface area contributed by atoms with Gasteiger partial charge in [-0.05, 0) is 53.5 Å².